The van der Waals surface area contributed by atoms with E-state index >= 15 is 0 Å². The molecule has 3 rings (SSSR count). The number of nitrogens with zero attached hydrogens (tertiary/aromatic N) is 3. The monoisotopic (exact) mass is 276 g/mol. The number of hydrogen-bond donors (Lipinski definition) is 2. The average molecular weight is 276 g/mol. The van der Waals surface area contributed by atoms with Crippen LogP contribution in [0.2, 0.25) is 0 Å². The molecule has 0 amide bonds. The van der Waals surface area contributed by atoms with Gasteiger partial charge in [0.2, 0.25) is 0 Å². The van der Waals surface area contributed by atoms with Gasteiger partial charge in [0.1, 0.15) is 0 Å². The fraction of sp³-hybridized carbons (Fsp3) is 0.429. The number of aliphatic hydroxyl groups is 1. The van der Waals surface area contributed by atoms with Crippen molar-refractivity contribution in [1.82, 2.24) is 14.5 Å². The van der Waals surface area contributed by atoms with Crippen LogP contribution in [-0.4, -0.2) is 31.8 Å². The number of hydrogen-bond acceptors (Lipinski definition) is 4. The second kappa shape index (κ2) is 5.58. The second-order valence-electron chi connectivity index (χ2n) is 5.27. The Morgan fingerprint density at radius 1 is 1.35 bits per heavy atom. The van der Waals surface area contributed by atoms with E-state index in [2.05, 4.69) is 15.3 Å². The lowest BCUT2D eigenvalue weighted by Crippen LogP contribution is -2.28. The number of aliphatic hydroxyl groups excluding tert-OH is 1. The van der Waals surface area contributed by atoms with Gasteiger partial charge in [-0.1, -0.05) is 0 Å². The van der Waals surface area contributed by atoms with E-state index in [9.17, 15) is 9.50 Å². The number of anilines is 1. The summed E-state index contributed by atoms with van der Waals surface area (Å²) in [5.41, 5.74) is 0.396. The van der Waals surface area contributed by atoms with Crippen LogP contribution < -0.4 is 5.32 Å². The lowest BCUT2D eigenvalue weighted by atomic mass is 10.1. The van der Waals surface area contributed by atoms with Crippen molar-refractivity contribution in [3.8, 4) is 0 Å². The zero-order valence-electron chi connectivity index (χ0n) is 11.0. The summed E-state index contributed by atoms with van der Waals surface area (Å²) >= 11 is 0. The van der Waals surface area contributed by atoms with Gasteiger partial charge >= 0.3 is 0 Å². The molecule has 2 N–H and O–H groups in total. The van der Waals surface area contributed by atoms with Gasteiger partial charge in [-0.2, -0.15) is 0 Å². The van der Waals surface area contributed by atoms with Crippen LogP contribution in [0.1, 0.15) is 12.8 Å². The lowest BCUT2D eigenvalue weighted by Gasteiger charge is -2.18. The largest absolute Gasteiger partial charge is 0.391 e. The molecule has 1 aliphatic rings. The van der Waals surface area contributed by atoms with Crippen LogP contribution in [0.25, 0.3) is 0 Å². The van der Waals surface area contributed by atoms with Crippen molar-refractivity contribution in [1.29, 1.82) is 0 Å². The summed E-state index contributed by atoms with van der Waals surface area (Å²) in [7, 11) is 0. The van der Waals surface area contributed by atoms with E-state index in [1.807, 2.05) is 10.8 Å². The number of pyridine rings is 1. The van der Waals surface area contributed by atoms with Crippen LogP contribution in [0, 0.1) is 11.7 Å². The van der Waals surface area contributed by atoms with Gasteiger partial charge < -0.3 is 15.0 Å². The summed E-state index contributed by atoms with van der Waals surface area (Å²) in [5.74, 6) is -0.0284. The van der Waals surface area contributed by atoms with E-state index in [0.29, 0.717) is 18.0 Å². The van der Waals surface area contributed by atoms with Gasteiger partial charge in [0.05, 0.1) is 30.4 Å². The summed E-state index contributed by atoms with van der Waals surface area (Å²) in [4.78, 5) is 7.73. The first-order chi connectivity index (χ1) is 9.72. The second-order valence-corrected chi connectivity index (χ2v) is 5.27. The first-order valence-electron chi connectivity index (χ1n) is 6.72. The van der Waals surface area contributed by atoms with Crippen LogP contribution in [0.3, 0.4) is 0 Å². The number of imidazole rings is 1. The molecular formula is C14H17FN4O. The molecule has 2 heterocycles. The molecule has 2 aromatic rings. The van der Waals surface area contributed by atoms with Crippen molar-refractivity contribution in [3.05, 3.63) is 43.0 Å². The van der Waals surface area contributed by atoms with Crippen molar-refractivity contribution >= 4 is 5.69 Å². The summed E-state index contributed by atoms with van der Waals surface area (Å²) < 4.78 is 15.6. The molecule has 6 heteroatoms. The molecule has 106 valence electrons. The molecule has 0 radical (unpaired) electrons. The van der Waals surface area contributed by atoms with E-state index in [4.69, 9.17) is 0 Å². The van der Waals surface area contributed by atoms with Gasteiger partial charge in [0.15, 0.2) is 5.82 Å². The predicted molar refractivity (Wildman–Crippen MR) is 72.6 cm³/mol. The highest BCUT2D eigenvalue weighted by Gasteiger charge is 2.33. The van der Waals surface area contributed by atoms with E-state index < -0.39 is 11.9 Å². The van der Waals surface area contributed by atoms with Crippen LogP contribution in [0.15, 0.2) is 37.2 Å². The van der Waals surface area contributed by atoms with E-state index in [-0.39, 0.29) is 6.04 Å². The molecule has 0 saturated heterocycles. The molecule has 1 fully saturated rings. The number of halogens is 1. The SMILES string of the molecule is O[C@@H]1CC(Cn2ccnc2)C[C@H]1Nc1ccncc1F. The fourth-order valence-corrected chi connectivity index (χ4v) is 2.81. The normalized spacial score (nSPS) is 25.8. The van der Waals surface area contributed by atoms with Crippen LogP contribution >= 0.6 is 0 Å². The standard InChI is InChI=1S/C14H17FN4O/c15-11-7-16-2-1-12(11)18-13-5-10(6-14(13)20)8-19-4-3-17-9-19/h1-4,7,9-10,13-14,20H,5-6,8H2,(H,16,18)/t10?,13-,14-/m1/s1. The topological polar surface area (TPSA) is 63.0 Å². The molecule has 0 bridgehead atoms. The Morgan fingerprint density at radius 3 is 3.00 bits per heavy atom. The maximum absolute atomic E-state index is 13.6. The summed E-state index contributed by atoms with van der Waals surface area (Å²) in [5, 5.41) is 13.2. The highest BCUT2D eigenvalue weighted by atomic mass is 19.1. The maximum atomic E-state index is 13.6. The minimum absolute atomic E-state index is 0.125. The van der Waals surface area contributed by atoms with Crippen LogP contribution in [-0.2, 0) is 6.54 Å². The molecule has 20 heavy (non-hydrogen) atoms. The molecule has 3 atom stereocenters. The Hall–Kier alpha value is -1.95. The maximum Gasteiger partial charge on any atom is 0.164 e. The molecular weight excluding hydrogens is 259 g/mol. The Bertz CT molecular complexity index is 560. The Kier molecular flexibility index (Phi) is 3.64. The molecule has 0 aliphatic heterocycles. The van der Waals surface area contributed by atoms with Crippen LogP contribution in [0.5, 0.6) is 0 Å². The van der Waals surface area contributed by atoms with Crippen molar-refractivity contribution in [2.75, 3.05) is 5.32 Å². The lowest BCUT2D eigenvalue weighted by molar-refractivity contribution is 0.166. The number of aromatic nitrogens is 3. The Morgan fingerprint density at radius 2 is 2.25 bits per heavy atom. The van der Waals surface area contributed by atoms with E-state index in [1.165, 1.54) is 12.4 Å². The minimum atomic E-state index is -0.462. The highest BCUT2D eigenvalue weighted by molar-refractivity contribution is 5.44. The third-order valence-corrected chi connectivity index (χ3v) is 3.77. The van der Waals surface area contributed by atoms with Gasteiger partial charge in [-0.25, -0.2) is 9.37 Å². The fourth-order valence-electron chi connectivity index (χ4n) is 2.81. The zero-order valence-corrected chi connectivity index (χ0v) is 11.0. The van der Waals surface area contributed by atoms with Gasteiger partial charge in [-0.3, -0.25) is 4.98 Å². The third-order valence-electron chi connectivity index (χ3n) is 3.77. The van der Waals surface area contributed by atoms with Gasteiger partial charge in [0, 0.05) is 25.1 Å². The van der Waals surface area contributed by atoms with Crippen molar-refractivity contribution in [2.45, 2.75) is 31.5 Å². The van der Waals surface area contributed by atoms with Crippen molar-refractivity contribution < 1.29 is 9.50 Å². The number of rotatable bonds is 4. The first-order valence-corrected chi connectivity index (χ1v) is 6.72. The van der Waals surface area contributed by atoms with Gasteiger partial charge in [-0.15, -0.1) is 0 Å². The first kappa shape index (κ1) is 13.1. The predicted octanol–water partition coefficient (Wildman–Crippen LogP) is 1.67. The summed E-state index contributed by atoms with van der Waals surface area (Å²) in [6.07, 6.45) is 9.20. The Balaban J connectivity index is 1.62. The minimum Gasteiger partial charge on any atom is -0.391 e. The number of nitrogens with one attached hydrogen (secondary N) is 1. The molecule has 1 aliphatic carbocycles. The quantitative estimate of drug-likeness (QED) is 0.891. The van der Waals surface area contributed by atoms with E-state index in [1.54, 1.807) is 18.6 Å². The molecule has 0 spiro atoms. The molecule has 2 aromatic heterocycles. The molecule has 1 saturated carbocycles. The average Bonchev–Trinajstić information content (AvgIpc) is 3.04. The van der Waals surface area contributed by atoms with Crippen LogP contribution in [0.4, 0.5) is 10.1 Å². The molecule has 0 aromatic carbocycles. The Labute approximate surface area is 116 Å². The van der Waals surface area contributed by atoms with Crippen molar-refractivity contribution in [2.24, 2.45) is 5.92 Å². The zero-order chi connectivity index (χ0) is 13.9. The molecule has 1 unspecified atom stereocenters. The van der Waals surface area contributed by atoms with E-state index in [0.717, 1.165) is 13.0 Å². The summed E-state index contributed by atoms with van der Waals surface area (Å²) in [6, 6.07) is 1.46. The smallest absolute Gasteiger partial charge is 0.164 e. The van der Waals surface area contributed by atoms with Gasteiger partial charge in [0.25, 0.3) is 0 Å². The molecule has 5 nitrogen and oxygen atoms in total. The highest BCUT2D eigenvalue weighted by Crippen LogP contribution is 2.30. The summed E-state index contributed by atoms with van der Waals surface area (Å²) in [6.45, 7) is 0.827. The third kappa shape index (κ3) is 2.80. The van der Waals surface area contributed by atoms with Gasteiger partial charge in [-0.05, 0) is 24.8 Å². The van der Waals surface area contributed by atoms with Crippen molar-refractivity contribution in [3.63, 3.8) is 0 Å².